The van der Waals surface area contributed by atoms with Crippen LogP contribution in [0.2, 0.25) is 0 Å². The van der Waals surface area contributed by atoms with E-state index in [9.17, 15) is 0 Å². The number of ether oxygens (including phenoxy) is 2. The Hall–Kier alpha value is -2.55. The molecule has 0 aliphatic rings. The lowest BCUT2D eigenvalue weighted by atomic mass is 9.97. The van der Waals surface area contributed by atoms with Crippen molar-refractivity contribution in [3.63, 3.8) is 0 Å². The van der Waals surface area contributed by atoms with Crippen molar-refractivity contribution in [2.75, 3.05) is 14.2 Å². The summed E-state index contributed by atoms with van der Waals surface area (Å²) in [4.78, 5) is 4.59. The molecule has 0 unspecified atom stereocenters. The fourth-order valence-corrected chi connectivity index (χ4v) is 2.90. The van der Waals surface area contributed by atoms with Crippen molar-refractivity contribution in [3.8, 4) is 22.8 Å². The molecule has 0 radical (unpaired) electrons. The summed E-state index contributed by atoms with van der Waals surface area (Å²) in [5.41, 5.74) is 2.99. The summed E-state index contributed by atoms with van der Waals surface area (Å²) in [6.07, 6.45) is 1.90. The van der Waals surface area contributed by atoms with Crippen molar-refractivity contribution < 1.29 is 9.47 Å². The number of aromatic nitrogens is 1. The Morgan fingerprint density at radius 2 is 1.48 bits per heavy atom. The molecular formula is C20H21NO2. The molecule has 1 heterocycles. The molecule has 23 heavy (non-hydrogen) atoms. The largest absolute Gasteiger partial charge is 0.496 e. The first-order chi connectivity index (χ1) is 11.1. The monoisotopic (exact) mass is 307 g/mol. The van der Waals surface area contributed by atoms with Gasteiger partial charge in [0.15, 0.2) is 0 Å². The number of nitrogens with zero attached hydrogens (tertiary/aromatic N) is 1. The molecule has 0 spiro atoms. The van der Waals surface area contributed by atoms with Gasteiger partial charge in [0.2, 0.25) is 0 Å². The van der Waals surface area contributed by atoms with Crippen LogP contribution in [0.1, 0.15) is 25.3 Å². The van der Waals surface area contributed by atoms with Gasteiger partial charge in [-0.3, -0.25) is 4.98 Å². The Morgan fingerprint density at radius 3 is 2.04 bits per heavy atom. The van der Waals surface area contributed by atoms with Gasteiger partial charge in [-0.05, 0) is 29.5 Å². The van der Waals surface area contributed by atoms with Crippen molar-refractivity contribution in [2.45, 2.75) is 19.8 Å². The molecule has 2 aromatic carbocycles. The number of benzene rings is 2. The van der Waals surface area contributed by atoms with Crippen LogP contribution in [0.4, 0.5) is 0 Å². The van der Waals surface area contributed by atoms with E-state index >= 15 is 0 Å². The molecular weight excluding hydrogens is 286 g/mol. The zero-order chi connectivity index (χ0) is 16.4. The van der Waals surface area contributed by atoms with Crippen LogP contribution in [-0.4, -0.2) is 19.2 Å². The minimum Gasteiger partial charge on any atom is -0.496 e. The number of methoxy groups -OCH3 is 2. The number of hydrogen-bond acceptors (Lipinski definition) is 3. The summed E-state index contributed by atoms with van der Waals surface area (Å²) >= 11 is 0. The molecule has 0 fully saturated rings. The summed E-state index contributed by atoms with van der Waals surface area (Å²) < 4.78 is 11.2. The van der Waals surface area contributed by atoms with Crippen LogP contribution in [0.15, 0.2) is 48.7 Å². The molecule has 0 saturated heterocycles. The summed E-state index contributed by atoms with van der Waals surface area (Å²) in [7, 11) is 3.39. The lowest BCUT2D eigenvalue weighted by Gasteiger charge is -2.18. The van der Waals surface area contributed by atoms with E-state index in [1.807, 2.05) is 30.5 Å². The smallest absolute Gasteiger partial charge is 0.126 e. The van der Waals surface area contributed by atoms with Gasteiger partial charge in [-0.25, -0.2) is 0 Å². The highest BCUT2D eigenvalue weighted by Gasteiger charge is 2.16. The highest BCUT2D eigenvalue weighted by Crippen LogP contribution is 2.39. The molecule has 3 nitrogen and oxygen atoms in total. The molecule has 0 atom stereocenters. The van der Waals surface area contributed by atoms with Gasteiger partial charge >= 0.3 is 0 Å². The van der Waals surface area contributed by atoms with E-state index in [1.165, 1.54) is 5.39 Å². The van der Waals surface area contributed by atoms with Crippen LogP contribution < -0.4 is 9.47 Å². The Morgan fingerprint density at radius 1 is 0.870 bits per heavy atom. The fourth-order valence-electron chi connectivity index (χ4n) is 2.90. The molecule has 0 aliphatic heterocycles. The van der Waals surface area contributed by atoms with Gasteiger partial charge in [-0.15, -0.1) is 0 Å². The first-order valence-corrected chi connectivity index (χ1v) is 7.75. The van der Waals surface area contributed by atoms with Gasteiger partial charge in [-0.1, -0.05) is 38.1 Å². The second kappa shape index (κ2) is 6.29. The first kappa shape index (κ1) is 15.3. The van der Waals surface area contributed by atoms with Gasteiger partial charge in [0.05, 0.1) is 19.9 Å². The average Bonchev–Trinajstić information content (AvgIpc) is 2.59. The third-order valence-corrected chi connectivity index (χ3v) is 4.05. The molecule has 3 heteroatoms. The maximum Gasteiger partial charge on any atom is 0.126 e. The van der Waals surface area contributed by atoms with E-state index in [4.69, 9.17) is 9.47 Å². The Bertz CT molecular complexity index is 815. The minimum atomic E-state index is 0.318. The normalized spacial score (nSPS) is 11.0. The average molecular weight is 307 g/mol. The Kier molecular flexibility index (Phi) is 4.20. The highest BCUT2D eigenvalue weighted by molar-refractivity contribution is 5.85. The second-order valence-corrected chi connectivity index (χ2v) is 5.87. The van der Waals surface area contributed by atoms with Gasteiger partial charge in [-0.2, -0.15) is 0 Å². The zero-order valence-electron chi connectivity index (χ0n) is 14.0. The Balaban J connectivity index is 2.18. The van der Waals surface area contributed by atoms with E-state index in [0.717, 1.165) is 33.7 Å². The van der Waals surface area contributed by atoms with Crippen LogP contribution in [-0.2, 0) is 0 Å². The van der Waals surface area contributed by atoms with E-state index in [2.05, 4.69) is 37.0 Å². The van der Waals surface area contributed by atoms with Crippen LogP contribution in [0, 0.1) is 0 Å². The number of pyridine rings is 1. The molecule has 0 aliphatic carbocycles. The first-order valence-electron chi connectivity index (χ1n) is 7.75. The molecule has 3 aromatic rings. The van der Waals surface area contributed by atoms with Gasteiger partial charge < -0.3 is 9.47 Å². The van der Waals surface area contributed by atoms with Crippen molar-refractivity contribution in [1.82, 2.24) is 4.98 Å². The standard InChI is InChI=1S/C20H21NO2/c1-13(2)20-18(22-3)10-16(11-19(20)23-4)17-9-14-7-5-6-8-15(14)12-21-17/h5-13H,1-4H3. The van der Waals surface area contributed by atoms with Gasteiger partial charge in [0, 0.05) is 22.7 Å². The molecule has 1 aromatic heterocycles. The number of hydrogen-bond donors (Lipinski definition) is 0. The fraction of sp³-hybridized carbons (Fsp3) is 0.250. The van der Waals surface area contributed by atoms with Gasteiger partial charge in [0.1, 0.15) is 11.5 Å². The topological polar surface area (TPSA) is 31.4 Å². The predicted octanol–water partition coefficient (Wildman–Crippen LogP) is 5.04. The zero-order valence-corrected chi connectivity index (χ0v) is 14.0. The van der Waals surface area contributed by atoms with Crippen LogP contribution in [0.5, 0.6) is 11.5 Å². The van der Waals surface area contributed by atoms with Gasteiger partial charge in [0.25, 0.3) is 0 Å². The molecule has 0 N–H and O–H groups in total. The van der Waals surface area contributed by atoms with E-state index in [0.29, 0.717) is 5.92 Å². The van der Waals surface area contributed by atoms with Crippen LogP contribution in [0.3, 0.4) is 0 Å². The maximum atomic E-state index is 5.59. The van der Waals surface area contributed by atoms with Crippen LogP contribution >= 0.6 is 0 Å². The van der Waals surface area contributed by atoms with Crippen molar-refractivity contribution in [2.24, 2.45) is 0 Å². The minimum absolute atomic E-state index is 0.318. The lowest BCUT2D eigenvalue weighted by Crippen LogP contribution is -2.00. The predicted molar refractivity (Wildman–Crippen MR) is 94.4 cm³/mol. The van der Waals surface area contributed by atoms with E-state index in [-0.39, 0.29) is 0 Å². The SMILES string of the molecule is COc1cc(-c2cc3ccccc3cn2)cc(OC)c1C(C)C. The number of fused-ring (bicyclic) bond motifs is 1. The molecule has 0 bridgehead atoms. The summed E-state index contributed by atoms with van der Waals surface area (Å²) in [5, 5.41) is 2.30. The van der Waals surface area contributed by atoms with Crippen molar-refractivity contribution in [1.29, 1.82) is 0 Å². The quantitative estimate of drug-likeness (QED) is 0.676. The summed E-state index contributed by atoms with van der Waals surface area (Å²) in [6.45, 7) is 4.27. The summed E-state index contributed by atoms with van der Waals surface area (Å²) in [6, 6.07) is 14.4. The third-order valence-electron chi connectivity index (χ3n) is 4.05. The second-order valence-electron chi connectivity index (χ2n) is 5.87. The van der Waals surface area contributed by atoms with E-state index in [1.54, 1.807) is 14.2 Å². The Labute approximate surface area is 136 Å². The molecule has 0 amide bonds. The molecule has 0 saturated carbocycles. The molecule has 118 valence electrons. The van der Waals surface area contributed by atoms with Crippen LogP contribution in [0.25, 0.3) is 22.0 Å². The summed E-state index contributed by atoms with van der Waals surface area (Å²) in [5.74, 6) is 1.99. The maximum absolute atomic E-state index is 5.59. The van der Waals surface area contributed by atoms with Crippen molar-refractivity contribution in [3.05, 3.63) is 54.2 Å². The lowest BCUT2D eigenvalue weighted by molar-refractivity contribution is 0.382. The van der Waals surface area contributed by atoms with Crippen molar-refractivity contribution >= 4 is 10.8 Å². The molecule has 3 rings (SSSR count). The highest BCUT2D eigenvalue weighted by atomic mass is 16.5. The van der Waals surface area contributed by atoms with E-state index < -0.39 is 0 Å². The number of rotatable bonds is 4. The third kappa shape index (κ3) is 2.87.